The first kappa shape index (κ1) is 15.1. The van der Waals surface area contributed by atoms with Crippen LogP contribution in [-0.2, 0) is 6.42 Å². The molecule has 0 atom stereocenters. The number of non-ortho nitro benzene ring substituents is 1. The van der Waals surface area contributed by atoms with Crippen LogP contribution in [0.3, 0.4) is 0 Å². The van der Waals surface area contributed by atoms with Crippen LogP contribution in [0.4, 0.5) is 14.5 Å². The second kappa shape index (κ2) is 5.97. The van der Waals surface area contributed by atoms with E-state index in [4.69, 9.17) is 11.6 Å². The number of ketones is 1. The van der Waals surface area contributed by atoms with Gasteiger partial charge in [-0.1, -0.05) is 17.7 Å². The average Bonchev–Trinajstić information content (AvgIpc) is 2.42. The number of halogens is 3. The van der Waals surface area contributed by atoms with Gasteiger partial charge in [-0.2, -0.15) is 0 Å². The van der Waals surface area contributed by atoms with Gasteiger partial charge in [0.2, 0.25) is 0 Å². The van der Waals surface area contributed by atoms with Crippen LogP contribution in [0.2, 0.25) is 5.02 Å². The summed E-state index contributed by atoms with van der Waals surface area (Å²) in [5, 5.41) is 10.7. The van der Waals surface area contributed by atoms with Crippen molar-refractivity contribution in [1.29, 1.82) is 0 Å². The van der Waals surface area contributed by atoms with Crippen molar-refractivity contribution in [1.82, 2.24) is 0 Å². The van der Waals surface area contributed by atoms with E-state index in [1.165, 1.54) is 12.1 Å². The molecule has 0 aromatic heterocycles. The summed E-state index contributed by atoms with van der Waals surface area (Å²) in [6, 6.07) is 6.46. The van der Waals surface area contributed by atoms with Crippen LogP contribution in [0, 0.1) is 21.7 Å². The second-order valence-electron chi connectivity index (χ2n) is 4.26. The summed E-state index contributed by atoms with van der Waals surface area (Å²) in [7, 11) is 0. The number of hydrogen-bond donors (Lipinski definition) is 0. The lowest BCUT2D eigenvalue weighted by molar-refractivity contribution is -0.385. The van der Waals surface area contributed by atoms with Crippen molar-refractivity contribution in [2.75, 3.05) is 0 Å². The molecule has 0 heterocycles. The zero-order valence-electron chi connectivity index (χ0n) is 10.5. The van der Waals surface area contributed by atoms with Crippen LogP contribution in [0.25, 0.3) is 0 Å². The largest absolute Gasteiger partial charge is 0.294 e. The Morgan fingerprint density at radius 3 is 2.57 bits per heavy atom. The normalized spacial score (nSPS) is 10.4. The topological polar surface area (TPSA) is 60.2 Å². The molecule has 0 radical (unpaired) electrons. The summed E-state index contributed by atoms with van der Waals surface area (Å²) in [5.74, 6) is -2.24. The zero-order valence-corrected chi connectivity index (χ0v) is 11.2. The van der Waals surface area contributed by atoms with Crippen molar-refractivity contribution in [2.24, 2.45) is 0 Å². The number of carbonyl (C=O) groups excluding carboxylic acids is 1. The van der Waals surface area contributed by atoms with Gasteiger partial charge in [-0.15, -0.1) is 0 Å². The first-order chi connectivity index (χ1) is 9.88. The number of nitro benzene ring substituents is 1. The van der Waals surface area contributed by atoms with Gasteiger partial charge in [-0.25, -0.2) is 8.78 Å². The number of carbonyl (C=O) groups is 1. The van der Waals surface area contributed by atoms with Gasteiger partial charge in [0.1, 0.15) is 11.6 Å². The standard InChI is InChI=1S/C14H8ClF2NO3/c15-12-2-1-3-13(17)11(12)7-14(19)8-4-9(16)6-10(5-8)18(20)21/h1-6H,7H2. The summed E-state index contributed by atoms with van der Waals surface area (Å²) >= 11 is 5.80. The molecular weight excluding hydrogens is 304 g/mol. The lowest BCUT2D eigenvalue weighted by Gasteiger charge is -2.05. The van der Waals surface area contributed by atoms with Crippen molar-refractivity contribution in [2.45, 2.75) is 6.42 Å². The second-order valence-corrected chi connectivity index (χ2v) is 4.66. The highest BCUT2D eigenvalue weighted by atomic mass is 35.5. The van der Waals surface area contributed by atoms with Crippen LogP contribution in [0.15, 0.2) is 36.4 Å². The molecule has 108 valence electrons. The van der Waals surface area contributed by atoms with Gasteiger partial charge in [-0.3, -0.25) is 14.9 Å². The molecule has 0 amide bonds. The molecule has 0 aliphatic carbocycles. The molecular formula is C14H8ClF2NO3. The van der Waals surface area contributed by atoms with E-state index in [1.807, 2.05) is 0 Å². The predicted octanol–water partition coefficient (Wildman–Crippen LogP) is 3.95. The predicted molar refractivity (Wildman–Crippen MR) is 72.5 cm³/mol. The molecule has 2 aromatic carbocycles. The Kier molecular flexibility index (Phi) is 4.28. The van der Waals surface area contributed by atoms with E-state index in [2.05, 4.69) is 0 Å². The van der Waals surface area contributed by atoms with Gasteiger partial charge in [0, 0.05) is 28.6 Å². The summed E-state index contributed by atoms with van der Waals surface area (Å²) < 4.78 is 26.9. The highest BCUT2D eigenvalue weighted by molar-refractivity contribution is 6.31. The van der Waals surface area contributed by atoms with Gasteiger partial charge in [0.15, 0.2) is 5.78 Å². The van der Waals surface area contributed by atoms with Crippen molar-refractivity contribution in [3.63, 3.8) is 0 Å². The van der Waals surface area contributed by atoms with E-state index >= 15 is 0 Å². The van der Waals surface area contributed by atoms with Crippen molar-refractivity contribution < 1.29 is 18.5 Å². The Hall–Kier alpha value is -2.34. The average molecular weight is 312 g/mol. The number of benzene rings is 2. The zero-order chi connectivity index (χ0) is 15.6. The van der Waals surface area contributed by atoms with Crippen LogP contribution >= 0.6 is 11.6 Å². The molecule has 0 unspecified atom stereocenters. The summed E-state index contributed by atoms with van der Waals surface area (Å²) in [4.78, 5) is 21.9. The number of hydrogen-bond acceptors (Lipinski definition) is 3. The Morgan fingerprint density at radius 2 is 1.95 bits per heavy atom. The molecule has 0 aliphatic heterocycles. The molecule has 0 spiro atoms. The number of Topliss-reactive ketones (excluding diaryl/α,β-unsaturated/α-hetero) is 1. The Morgan fingerprint density at radius 1 is 1.24 bits per heavy atom. The smallest absolute Gasteiger partial charge is 0.273 e. The molecule has 21 heavy (non-hydrogen) atoms. The van der Waals surface area contributed by atoms with Gasteiger partial charge in [-0.05, 0) is 18.2 Å². The van der Waals surface area contributed by atoms with Gasteiger partial charge >= 0.3 is 0 Å². The third-order valence-electron chi connectivity index (χ3n) is 2.81. The fourth-order valence-corrected chi connectivity index (χ4v) is 2.03. The highest BCUT2D eigenvalue weighted by Crippen LogP contribution is 2.23. The van der Waals surface area contributed by atoms with Gasteiger partial charge in [0.05, 0.1) is 11.0 Å². The fraction of sp³-hybridized carbons (Fsp3) is 0.0714. The van der Waals surface area contributed by atoms with Gasteiger partial charge < -0.3 is 0 Å². The first-order valence-corrected chi connectivity index (χ1v) is 6.17. The monoisotopic (exact) mass is 311 g/mol. The molecule has 0 bridgehead atoms. The third kappa shape index (κ3) is 3.41. The summed E-state index contributed by atoms with van der Waals surface area (Å²) in [5.41, 5.74) is -0.782. The maximum absolute atomic E-state index is 13.6. The maximum Gasteiger partial charge on any atom is 0.273 e. The van der Waals surface area contributed by atoms with E-state index in [-0.39, 0.29) is 16.1 Å². The minimum atomic E-state index is -0.910. The lowest BCUT2D eigenvalue weighted by Crippen LogP contribution is -2.07. The summed E-state index contributed by atoms with van der Waals surface area (Å²) in [6.45, 7) is 0. The number of nitrogens with zero attached hydrogens (tertiary/aromatic N) is 1. The lowest BCUT2D eigenvalue weighted by atomic mass is 10.0. The minimum Gasteiger partial charge on any atom is -0.294 e. The molecule has 2 aromatic rings. The Labute approximate surface area is 123 Å². The molecule has 2 rings (SSSR count). The Bertz CT molecular complexity index is 714. The molecule has 7 heteroatoms. The molecule has 0 saturated heterocycles. The number of nitro groups is 1. The minimum absolute atomic E-state index is 0.0314. The van der Waals surface area contributed by atoms with Crippen LogP contribution in [-0.4, -0.2) is 10.7 Å². The maximum atomic E-state index is 13.6. The van der Waals surface area contributed by atoms with Crippen molar-refractivity contribution in [3.8, 4) is 0 Å². The molecule has 4 nitrogen and oxygen atoms in total. The third-order valence-corrected chi connectivity index (χ3v) is 3.17. The number of rotatable bonds is 4. The van der Waals surface area contributed by atoms with E-state index in [0.29, 0.717) is 6.07 Å². The van der Waals surface area contributed by atoms with Crippen molar-refractivity contribution in [3.05, 3.63) is 74.3 Å². The molecule has 0 N–H and O–H groups in total. The van der Waals surface area contributed by atoms with Crippen molar-refractivity contribution >= 4 is 23.1 Å². The Balaban J connectivity index is 2.35. The first-order valence-electron chi connectivity index (χ1n) is 5.79. The van der Waals surface area contributed by atoms with E-state index in [0.717, 1.165) is 18.2 Å². The van der Waals surface area contributed by atoms with E-state index in [9.17, 15) is 23.7 Å². The SMILES string of the molecule is O=C(Cc1c(F)cccc1Cl)c1cc(F)cc([N+](=O)[O-])c1. The molecule has 0 saturated carbocycles. The summed E-state index contributed by atoms with van der Waals surface area (Å²) in [6.07, 6.45) is -0.411. The van der Waals surface area contributed by atoms with E-state index in [1.54, 1.807) is 0 Å². The molecule has 0 fully saturated rings. The van der Waals surface area contributed by atoms with E-state index < -0.39 is 34.4 Å². The highest BCUT2D eigenvalue weighted by Gasteiger charge is 2.17. The molecule has 0 aliphatic rings. The fourth-order valence-electron chi connectivity index (χ4n) is 1.80. The van der Waals surface area contributed by atoms with Crippen LogP contribution < -0.4 is 0 Å². The van der Waals surface area contributed by atoms with Gasteiger partial charge in [0.25, 0.3) is 5.69 Å². The van der Waals surface area contributed by atoms with Crippen LogP contribution in [0.1, 0.15) is 15.9 Å². The quantitative estimate of drug-likeness (QED) is 0.488. The van der Waals surface area contributed by atoms with Crippen LogP contribution in [0.5, 0.6) is 0 Å².